The Labute approximate surface area is 167 Å². The molecule has 1 aromatic heterocycles. The summed E-state index contributed by atoms with van der Waals surface area (Å²) in [5.74, 6) is 2.88. The van der Waals surface area contributed by atoms with Gasteiger partial charge in [0.2, 0.25) is 5.88 Å². The third-order valence-corrected chi connectivity index (χ3v) is 3.82. The van der Waals surface area contributed by atoms with Crippen LogP contribution in [-0.2, 0) is 6.54 Å². The van der Waals surface area contributed by atoms with Crippen LogP contribution in [-0.4, -0.2) is 43.9 Å². The maximum atomic E-state index is 5.94. The van der Waals surface area contributed by atoms with Crippen LogP contribution in [0.2, 0.25) is 0 Å². The van der Waals surface area contributed by atoms with Crippen LogP contribution in [0.1, 0.15) is 26.3 Å². The first-order chi connectivity index (χ1) is 13.7. The summed E-state index contributed by atoms with van der Waals surface area (Å²) in [5, 5.41) is 6.56. The second-order valence-electron chi connectivity index (χ2n) is 6.08. The maximum absolute atomic E-state index is 5.94. The maximum Gasteiger partial charge on any atom is 0.218 e. The molecule has 0 saturated heterocycles. The van der Waals surface area contributed by atoms with Crippen molar-refractivity contribution in [1.29, 1.82) is 0 Å². The van der Waals surface area contributed by atoms with E-state index in [0.29, 0.717) is 25.6 Å². The quantitative estimate of drug-likeness (QED) is 0.483. The van der Waals surface area contributed by atoms with Crippen LogP contribution in [0.5, 0.6) is 17.4 Å². The number of aliphatic imine (C=N–C) groups is 1. The van der Waals surface area contributed by atoms with Crippen LogP contribution in [0.3, 0.4) is 0 Å². The van der Waals surface area contributed by atoms with Gasteiger partial charge in [-0.1, -0.05) is 12.1 Å². The summed E-state index contributed by atoms with van der Waals surface area (Å²) in [4.78, 5) is 8.90. The number of pyridine rings is 1. The lowest BCUT2D eigenvalue weighted by molar-refractivity contribution is 0.223. The van der Waals surface area contributed by atoms with Gasteiger partial charge in [-0.25, -0.2) is 9.98 Å². The van der Waals surface area contributed by atoms with E-state index in [1.54, 1.807) is 13.3 Å². The molecular formula is C21H30N4O3. The van der Waals surface area contributed by atoms with E-state index in [1.165, 1.54) is 0 Å². The first-order valence-corrected chi connectivity index (χ1v) is 9.55. The van der Waals surface area contributed by atoms with Crippen LogP contribution >= 0.6 is 0 Å². The lowest BCUT2D eigenvalue weighted by atomic mass is 10.3. The number of rotatable bonds is 10. The normalized spacial score (nSPS) is 12.2. The lowest BCUT2D eigenvalue weighted by Gasteiger charge is -2.18. The minimum Gasteiger partial charge on any atom is -0.497 e. The molecular weight excluding hydrogens is 356 g/mol. The van der Waals surface area contributed by atoms with Gasteiger partial charge in [-0.3, -0.25) is 0 Å². The van der Waals surface area contributed by atoms with Gasteiger partial charge in [0, 0.05) is 24.4 Å². The fourth-order valence-electron chi connectivity index (χ4n) is 2.51. The van der Waals surface area contributed by atoms with E-state index in [9.17, 15) is 0 Å². The Morgan fingerprint density at radius 3 is 2.71 bits per heavy atom. The molecule has 2 aromatic rings. The molecule has 152 valence electrons. The predicted molar refractivity (Wildman–Crippen MR) is 111 cm³/mol. The highest BCUT2D eigenvalue weighted by Gasteiger charge is 2.08. The topological polar surface area (TPSA) is 77.0 Å². The summed E-state index contributed by atoms with van der Waals surface area (Å²) >= 11 is 0. The molecule has 0 aliphatic rings. The molecule has 1 atom stereocenters. The van der Waals surface area contributed by atoms with Crippen molar-refractivity contribution in [3.63, 3.8) is 0 Å². The number of nitrogens with one attached hydrogen (secondary N) is 2. The molecule has 0 saturated carbocycles. The average Bonchev–Trinajstić information content (AvgIpc) is 2.71. The number of methoxy groups -OCH3 is 1. The average molecular weight is 386 g/mol. The van der Waals surface area contributed by atoms with E-state index in [2.05, 4.69) is 20.6 Å². The van der Waals surface area contributed by atoms with E-state index in [1.807, 2.05) is 57.2 Å². The van der Waals surface area contributed by atoms with Crippen molar-refractivity contribution in [2.45, 2.75) is 33.4 Å². The number of aromatic nitrogens is 1. The Morgan fingerprint density at radius 1 is 1.14 bits per heavy atom. The summed E-state index contributed by atoms with van der Waals surface area (Å²) in [6.07, 6.45) is 1.67. The van der Waals surface area contributed by atoms with Gasteiger partial charge in [0.05, 0.1) is 26.8 Å². The Hall–Kier alpha value is -2.96. The Bertz CT molecular complexity index is 752. The molecule has 2 N–H and O–H groups in total. The zero-order chi connectivity index (χ0) is 20.2. The fourth-order valence-corrected chi connectivity index (χ4v) is 2.51. The van der Waals surface area contributed by atoms with Crippen molar-refractivity contribution in [1.82, 2.24) is 15.6 Å². The predicted octanol–water partition coefficient (Wildman–Crippen LogP) is 3.01. The molecule has 1 aromatic carbocycles. The van der Waals surface area contributed by atoms with Crippen LogP contribution < -0.4 is 24.8 Å². The molecule has 1 heterocycles. The summed E-state index contributed by atoms with van der Waals surface area (Å²) < 4.78 is 16.7. The summed E-state index contributed by atoms with van der Waals surface area (Å²) in [5.41, 5.74) is 0.947. The van der Waals surface area contributed by atoms with E-state index in [4.69, 9.17) is 14.2 Å². The standard InChI is InChI=1S/C21H30N4O3/c1-5-22-21(25-15-17-9-8-12-23-20(17)27-6-2)24-14-16(3)28-19-11-7-10-18(13-19)26-4/h7-13,16H,5-6,14-15H2,1-4H3,(H2,22,24,25). The summed E-state index contributed by atoms with van der Waals surface area (Å²) in [7, 11) is 1.64. The van der Waals surface area contributed by atoms with Crippen LogP contribution in [0.15, 0.2) is 47.6 Å². The molecule has 2 rings (SSSR count). The van der Waals surface area contributed by atoms with Crippen LogP contribution in [0, 0.1) is 0 Å². The van der Waals surface area contributed by atoms with Crippen molar-refractivity contribution in [2.24, 2.45) is 4.99 Å². The third kappa shape index (κ3) is 6.98. The SMILES string of the molecule is CCNC(=NCc1cccnc1OCC)NCC(C)Oc1cccc(OC)c1. The van der Waals surface area contributed by atoms with Gasteiger partial charge in [-0.15, -0.1) is 0 Å². The molecule has 0 aliphatic heterocycles. The number of ether oxygens (including phenoxy) is 3. The van der Waals surface area contributed by atoms with Gasteiger partial charge in [0.1, 0.15) is 17.6 Å². The van der Waals surface area contributed by atoms with Crippen molar-refractivity contribution in [3.05, 3.63) is 48.2 Å². The number of nitrogens with zero attached hydrogens (tertiary/aromatic N) is 2. The molecule has 7 heteroatoms. The fraction of sp³-hybridized carbons (Fsp3) is 0.429. The molecule has 1 unspecified atom stereocenters. The van der Waals surface area contributed by atoms with E-state index >= 15 is 0 Å². The first kappa shape index (κ1) is 21.3. The van der Waals surface area contributed by atoms with Gasteiger partial charge in [-0.2, -0.15) is 0 Å². The second kappa shape index (κ2) is 11.7. The summed E-state index contributed by atoms with van der Waals surface area (Å²) in [6.45, 7) is 8.40. The van der Waals surface area contributed by atoms with E-state index in [-0.39, 0.29) is 6.10 Å². The highest BCUT2D eigenvalue weighted by Crippen LogP contribution is 2.19. The van der Waals surface area contributed by atoms with E-state index in [0.717, 1.165) is 29.6 Å². The molecule has 0 radical (unpaired) electrons. The molecule has 7 nitrogen and oxygen atoms in total. The van der Waals surface area contributed by atoms with Crippen LogP contribution in [0.25, 0.3) is 0 Å². The van der Waals surface area contributed by atoms with Gasteiger partial charge >= 0.3 is 0 Å². The monoisotopic (exact) mass is 386 g/mol. The molecule has 0 aliphatic carbocycles. The zero-order valence-electron chi connectivity index (χ0n) is 17.1. The minimum atomic E-state index is -0.0478. The molecule has 0 bridgehead atoms. The molecule has 28 heavy (non-hydrogen) atoms. The van der Waals surface area contributed by atoms with Gasteiger partial charge < -0.3 is 24.8 Å². The largest absolute Gasteiger partial charge is 0.497 e. The Kier molecular flexibility index (Phi) is 8.91. The van der Waals surface area contributed by atoms with E-state index < -0.39 is 0 Å². The third-order valence-electron chi connectivity index (χ3n) is 3.82. The molecule has 0 spiro atoms. The van der Waals surface area contributed by atoms with Crippen molar-refractivity contribution >= 4 is 5.96 Å². The number of benzene rings is 1. The lowest BCUT2D eigenvalue weighted by Crippen LogP contribution is -2.41. The highest BCUT2D eigenvalue weighted by atomic mass is 16.5. The molecule has 0 amide bonds. The van der Waals surface area contributed by atoms with Gasteiger partial charge in [0.15, 0.2) is 5.96 Å². The second-order valence-corrected chi connectivity index (χ2v) is 6.08. The van der Waals surface area contributed by atoms with Crippen LogP contribution in [0.4, 0.5) is 0 Å². The highest BCUT2D eigenvalue weighted by molar-refractivity contribution is 5.79. The Morgan fingerprint density at radius 2 is 1.96 bits per heavy atom. The Balaban J connectivity index is 1.93. The van der Waals surface area contributed by atoms with Crippen molar-refractivity contribution in [2.75, 3.05) is 26.8 Å². The van der Waals surface area contributed by atoms with Crippen molar-refractivity contribution < 1.29 is 14.2 Å². The van der Waals surface area contributed by atoms with Crippen molar-refractivity contribution in [3.8, 4) is 17.4 Å². The number of hydrogen-bond donors (Lipinski definition) is 2. The summed E-state index contributed by atoms with van der Waals surface area (Å²) in [6, 6.07) is 11.4. The van der Waals surface area contributed by atoms with Gasteiger partial charge in [0.25, 0.3) is 0 Å². The first-order valence-electron chi connectivity index (χ1n) is 9.55. The molecule has 0 fully saturated rings. The number of guanidine groups is 1. The number of hydrogen-bond acceptors (Lipinski definition) is 5. The zero-order valence-corrected chi connectivity index (χ0v) is 17.1. The minimum absolute atomic E-state index is 0.0478. The smallest absolute Gasteiger partial charge is 0.218 e. The van der Waals surface area contributed by atoms with Gasteiger partial charge in [-0.05, 0) is 39.0 Å².